The van der Waals surface area contributed by atoms with Gasteiger partial charge >= 0.3 is 54.8 Å². The topological polar surface area (TPSA) is 119 Å². The third kappa shape index (κ3) is 1.81. The third-order valence-electron chi connectivity index (χ3n) is 0.693. The second-order valence-electron chi connectivity index (χ2n) is 1.32. The molecule has 0 fully saturated rings. The maximum absolute atomic E-state index is 9.90. The van der Waals surface area contributed by atoms with Crippen LogP contribution in [0.3, 0.4) is 0 Å². The largest absolute Gasteiger partial charge is 2.00 e. The van der Waals surface area contributed by atoms with Crippen molar-refractivity contribution in [1.82, 2.24) is 0 Å². The van der Waals surface area contributed by atoms with E-state index >= 15 is 0 Å². The van der Waals surface area contributed by atoms with Crippen molar-refractivity contribution in [3.05, 3.63) is 10.1 Å². The van der Waals surface area contributed by atoms with Gasteiger partial charge in [-0.05, 0) is 20.7 Å². The number of rotatable bonds is 1. The molecule has 1 aliphatic rings. The molecule has 0 aromatic rings. The molecule has 2 N–H and O–H groups in total. The zero-order chi connectivity index (χ0) is 6.91. The molecule has 8 nitrogen and oxygen atoms in total. The Morgan fingerprint density at radius 1 is 1.50 bits per heavy atom. The SMILES string of the molecule is NC1([N+](=O)[O-])N=NN=N1.[Ba+2].[H-].[H-]. The van der Waals surface area contributed by atoms with Crippen LogP contribution in [-0.2, 0) is 0 Å². The first-order valence-electron chi connectivity index (χ1n) is 1.92. The van der Waals surface area contributed by atoms with Crippen molar-refractivity contribution in [2.75, 3.05) is 0 Å². The van der Waals surface area contributed by atoms with Crippen LogP contribution >= 0.6 is 0 Å². The summed E-state index contributed by atoms with van der Waals surface area (Å²) < 4.78 is 0. The molecule has 0 aromatic heterocycles. The summed E-state index contributed by atoms with van der Waals surface area (Å²) >= 11 is 0. The molecule has 0 radical (unpaired) electrons. The molecule has 0 amide bonds. The Balaban J connectivity index is -0.000000270. The molecule has 0 unspecified atom stereocenters. The smallest absolute Gasteiger partial charge is 1.00 e. The summed E-state index contributed by atoms with van der Waals surface area (Å²) in [6.45, 7) is 0. The van der Waals surface area contributed by atoms with Crippen LogP contribution in [0.2, 0.25) is 0 Å². The van der Waals surface area contributed by atoms with E-state index in [1.54, 1.807) is 0 Å². The average Bonchev–Trinajstić information content (AvgIpc) is 2.16. The van der Waals surface area contributed by atoms with Gasteiger partial charge in [0.25, 0.3) is 0 Å². The van der Waals surface area contributed by atoms with Gasteiger partial charge in [0.2, 0.25) is 0 Å². The van der Waals surface area contributed by atoms with Crippen LogP contribution in [0.1, 0.15) is 2.85 Å². The summed E-state index contributed by atoms with van der Waals surface area (Å²) in [4.78, 5) is 9.01. The molecule has 1 aliphatic heterocycles. The van der Waals surface area contributed by atoms with E-state index < -0.39 is 10.8 Å². The average molecular weight is 269 g/mol. The zero-order valence-electron chi connectivity index (χ0n) is 6.84. The molecule has 0 spiro atoms. The Morgan fingerprint density at radius 3 is 2.10 bits per heavy atom. The van der Waals surface area contributed by atoms with Crippen molar-refractivity contribution in [2.45, 2.75) is 5.91 Å². The van der Waals surface area contributed by atoms with Crippen LogP contribution in [-0.4, -0.2) is 59.7 Å². The molecule has 0 bridgehead atoms. The predicted molar refractivity (Wildman–Crippen MR) is 31.6 cm³/mol. The number of hydrogen-bond donors (Lipinski definition) is 1. The standard InChI is InChI=1S/CH2N6O2.Ba.2H/c2-1(7(8)9)3-5-6-4-1;;;/h2H2;;;/q;+2;2*-1. The number of nitrogens with two attached hydrogens (primary N) is 1. The number of nitrogens with zero attached hydrogens (tertiary/aromatic N) is 5. The maximum atomic E-state index is 9.90. The minimum absolute atomic E-state index is 0. The Morgan fingerprint density at radius 2 is 1.90 bits per heavy atom. The second-order valence-corrected chi connectivity index (χ2v) is 1.32. The molecule has 0 aliphatic carbocycles. The molecular weight excluding hydrogens is 265 g/mol. The quantitative estimate of drug-likeness (QED) is 0.299. The van der Waals surface area contributed by atoms with E-state index in [0.717, 1.165) is 0 Å². The van der Waals surface area contributed by atoms with Crippen molar-refractivity contribution in [3.8, 4) is 0 Å². The maximum Gasteiger partial charge on any atom is 2.00 e. The normalized spacial score (nSPS) is 18.5. The van der Waals surface area contributed by atoms with Crippen LogP contribution in [0, 0.1) is 10.1 Å². The van der Waals surface area contributed by atoms with Crippen molar-refractivity contribution in [2.24, 2.45) is 26.4 Å². The Hall–Kier alpha value is 0.131. The molecule has 0 atom stereocenters. The van der Waals surface area contributed by atoms with E-state index in [1.807, 2.05) is 0 Å². The first-order valence-corrected chi connectivity index (χ1v) is 1.92. The van der Waals surface area contributed by atoms with Crippen LogP contribution in [0.15, 0.2) is 20.7 Å². The zero-order valence-corrected chi connectivity index (χ0v) is 9.28. The van der Waals surface area contributed by atoms with Crippen molar-refractivity contribution < 1.29 is 7.78 Å². The molecule has 9 heteroatoms. The van der Waals surface area contributed by atoms with Crippen LogP contribution < -0.4 is 5.73 Å². The third-order valence-corrected chi connectivity index (χ3v) is 0.693. The molecule has 0 saturated heterocycles. The Bertz CT molecular complexity index is 194. The molecular formula is CH4BaN6O2. The monoisotopic (exact) mass is 270 g/mol. The van der Waals surface area contributed by atoms with Crippen molar-refractivity contribution in [1.29, 1.82) is 0 Å². The molecule has 52 valence electrons. The van der Waals surface area contributed by atoms with Crippen LogP contribution in [0.4, 0.5) is 0 Å². The van der Waals surface area contributed by atoms with Crippen molar-refractivity contribution in [3.63, 3.8) is 0 Å². The van der Waals surface area contributed by atoms with E-state index in [0.29, 0.717) is 0 Å². The molecule has 0 saturated carbocycles. The Kier molecular flexibility index (Phi) is 3.55. The van der Waals surface area contributed by atoms with Gasteiger partial charge in [0.15, 0.2) is 0 Å². The predicted octanol–water partition coefficient (Wildman–Crippen LogP) is -0.490. The summed E-state index contributed by atoms with van der Waals surface area (Å²) in [5.74, 6) is -2.17. The van der Waals surface area contributed by atoms with Gasteiger partial charge < -0.3 is 2.85 Å². The first-order chi connectivity index (χ1) is 4.15. The summed E-state index contributed by atoms with van der Waals surface area (Å²) in [5.41, 5.74) is 4.88. The van der Waals surface area contributed by atoms with Gasteiger partial charge in [-0.1, -0.05) is 0 Å². The van der Waals surface area contributed by atoms with Gasteiger partial charge in [-0.2, -0.15) is 0 Å². The summed E-state index contributed by atoms with van der Waals surface area (Å²) in [6.07, 6.45) is 0. The Labute approximate surface area is 98.1 Å². The van der Waals surface area contributed by atoms with Crippen molar-refractivity contribution >= 4 is 48.9 Å². The van der Waals surface area contributed by atoms with Gasteiger partial charge in [-0.15, -0.1) is 0 Å². The fraction of sp³-hybridized carbons (Fsp3) is 1.00. The number of nitro groups is 1. The molecule has 10 heavy (non-hydrogen) atoms. The minimum atomic E-state index is -2.17. The van der Waals surface area contributed by atoms with Gasteiger partial charge in [0.1, 0.15) is 0 Å². The fourth-order valence-electron chi connectivity index (χ4n) is 0.265. The van der Waals surface area contributed by atoms with E-state index in [4.69, 9.17) is 5.73 Å². The summed E-state index contributed by atoms with van der Waals surface area (Å²) in [7, 11) is 0. The van der Waals surface area contributed by atoms with E-state index in [-0.39, 0.29) is 51.7 Å². The van der Waals surface area contributed by atoms with E-state index in [2.05, 4.69) is 20.7 Å². The minimum Gasteiger partial charge on any atom is -1.00 e. The second kappa shape index (κ2) is 3.50. The van der Waals surface area contributed by atoms with E-state index in [1.165, 1.54) is 0 Å². The van der Waals surface area contributed by atoms with Crippen LogP contribution in [0.5, 0.6) is 0 Å². The molecule has 1 heterocycles. The van der Waals surface area contributed by atoms with E-state index in [9.17, 15) is 10.1 Å². The number of hydrogen-bond acceptors (Lipinski definition) is 7. The first kappa shape index (κ1) is 10.1. The summed E-state index contributed by atoms with van der Waals surface area (Å²) in [6, 6.07) is 0. The van der Waals surface area contributed by atoms with Crippen LogP contribution in [0.25, 0.3) is 0 Å². The summed E-state index contributed by atoms with van der Waals surface area (Å²) in [5, 5.41) is 21.5. The van der Waals surface area contributed by atoms with Gasteiger partial charge in [0.05, 0.1) is 4.92 Å². The molecule has 0 aromatic carbocycles. The molecule has 1 rings (SSSR count). The van der Waals surface area contributed by atoms with Gasteiger partial charge in [0, 0.05) is 0 Å². The fourth-order valence-corrected chi connectivity index (χ4v) is 0.265. The van der Waals surface area contributed by atoms with Gasteiger partial charge in [-0.25, -0.2) is 5.73 Å². The van der Waals surface area contributed by atoms with Gasteiger partial charge in [-0.3, -0.25) is 10.1 Å².